The number of methoxy groups -OCH3 is 2. The van der Waals surface area contributed by atoms with Gasteiger partial charge in [-0.3, -0.25) is 9.59 Å². The highest BCUT2D eigenvalue weighted by atomic mass is 16.5. The lowest BCUT2D eigenvalue weighted by atomic mass is 9.83. The number of fused-ring (bicyclic) bond motifs is 4. The molecule has 1 spiro atoms. The van der Waals surface area contributed by atoms with Crippen LogP contribution in [0.4, 0.5) is 9.59 Å². The van der Waals surface area contributed by atoms with E-state index in [-0.39, 0.29) is 35.2 Å². The summed E-state index contributed by atoms with van der Waals surface area (Å²) >= 11 is 0. The predicted molar refractivity (Wildman–Crippen MR) is 239 cm³/mol. The van der Waals surface area contributed by atoms with E-state index in [0.29, 0.717) is 32.7 Å². The summed E-state index contributed by atoms with van der Waals surface area (Å²) in [7, 11) is 2.65. The summed E-state index contributed by atoms with van der Waals surface area (Å²) in [4.78, 5) is 73.8. The second-order valence-corrected chi connectivity index (χ2v) is 18.3. The summed E-state index contributed by atoms with van der Waals surface area (Å²) in [5, 5.41) is 5.68. The number of aromatic nitrogens is 4. The van der Waals surface area contributed by atoms with Gasteiger partial charge in [0.2, 0.25) is 11.8 Å². The molecule has 0 unspecified atom stereocenters. The third-order valence-electron chi connectivity index (χ3n) is 14.1. The van der Waals surface area contributed by atoms with Crippen molar-refractivity contribution >= 4 is 24.0 Å². The van der Waals surface area contributed by atoms with Crippen LogP contribution in [0.25, 0.3) is 33.6 Å². The second-order valence-electron chi connectivity index (χ2n) is 18.3. The highest BCUT2D eigenvalue weighted by molar-refractivity contribution is 5.87. The van der Waals surface area contributed by atoms with Crippen molar-refractivity contribution in [3.8, 4) is 33.6 Å². The number of ether oxygens (including phenoxy) is 3. The number of hydrogen-bond acceptors (Lipinski definition) is 9. The molecule has 64 heavy (non-hydrogen) atoms. The summed E-state index contributed by atoms with van der Waals surface area (Å²) < 4.78 is 15.9. The van der Waals surface area contributed by atoms with Gasteiger partial charge < -0.3 is 44.6 Å². The van der Waals surface area contributed by atoms with Gasteiger partial charge in [-0.2, -0.15) is 0 Å². The number of amides is 4. The Morgan fingerprint density at radius 1 is 0.812 bits per heavy atom. The lowest BCUT2D eigenvalue weighted by Crippen LogP contribution is -2.52. The Balaban J connectivity index is 0.911. The maximum atomic E-state index is 14.2. The van der Waals surface area contributed by atoms with Gasteiger partial charge in [0.25, 0.3) is 0 Å². The number of nitrogens with one attached hydrogen (secondary N) is 4. The number of alkyl carbamates (subject to hydrolysis) is 2. The van der Waals surface area contributed by atoms with E-state index >= 15 is 0 Å². The van der Waals surface area contributed by atoms with Gasteiger partial charge in [0, 0.05) is 18.7 Å². The summed E-state index contributed by atoms with van der Waals surface area (Å²) in [6.45, 7) is 2.04. The standard InChI is InChI=1S/C49H60N8O7/c1-62-47(60)53-36-13-8-3-4-9-26-64-29-38-41(54-44(52-38)40-27-49(23-24-49)30-57(40)45(36)58)35-21-17-32(18-22-35)31-15-19-33(20-16-31)37-28-50-43(51-37)39-14-10-25-56(39)46(59)42(55-48(61)63-2)34-11-6-5-7-12-34/h4,9,15-22,28,34,36,39-40,42H,3,5-8,10-14,23-27,29-30H2,1-2H3,(H,50,51)(H,52,54)(H,53,60)(H,55,61)/b9-4-/t36-,39+,40-,42-/m0/s1. The summed E-state index contributed by atoms with van der Waals surface area (Å²) in [6.07, 6.45) is 16.4. The number of nitrogens with zero attached hydrogens (tertiary/aromatic N) is 4. The number of carbonyl (C=O) groups is 4. The van der Waals surface area contributed by atoms with Crippen LogP contribution in [-0.2, 0) is 30.4 Å². The molecule has 338 valence electrons. The minimum absolute atomic E-state index is 0.0627. The number of rotatable bonds is 8. The molecule has 2 aromatic carbocycles. The fourth-order valence-electron chi connectivity index (χ4n) is 10.4. The average molecular weight is 873 g/mol. The molecule has 15 heteroatoms. The molecule has 5 aliphatic rings. The molecule has 2 bridgehead atoms. The molecular formula is C49H60N8O7. The van der Waals surface area contributed by atoms with Crippen molar-refractivity contribution in [1.29, 1.82) is 0 Å². The van der Waals surface area contributed by atoms with Gasteiger partial charge in [0.05, 0.1) is 62.8 Å². The molecule has 4 amide bonds. The number of benzene rings is 2. The Kier molecular flexibility index (Phi) is 12.9. The molecule has 5 heterocycles. The number of aromatic amines is 2. The largest absolute Gasteiger partial charge is 0.453 e. The van der Waals surface area contributed by atoms with Crippen LogP contribution in [0.5, 0.6) is 0 Å². The Morgan fingerprint density at radius 2 is 1.53 bits per heavy atom. The minimum atomic E-state index is -0.686. The van der Waals surface area contributed by atoms with Crippen LogP contribution >= 0.6 is 0 Å². The van der Waals surface area contributed by atoms with E-state index in [2.05, 4.69) is 75.2 Å². The quantitative estimate of drug-likeness (QED) is 0.127. The molecule has 2 saturated carbocycles. The number of imidazole rings is 2. The lowest BCUT2D eigenvalue weighted by molar-refractivity contribution is -0.136. The van der Waals surface area contributed by atoms with Crippen molar-refractivity contribution in [2.75, 3.05) is 33.9 Å². The average Bonchev–Trinajstić information content (AvgIpc) is 3.81. The second kappa shape index (κ2) is 19.0. The zero-order chi connectivity index (χ0) is 44.2. The molecule has 3 aliphatic heterocycles. The van der Waals surface area contributed by atoms with Crippen LogP contribution < -0.4 is 10.6 Å². The highest BCUT2D eigenvalue weighted by Gasteiger charge is 2.55. The molecule has 4 fully saturated rings. The molecule has 2 aromatic heterocycles. The Bertz CT molecular complexity index is 2330. The summed E-state index contributed by atoms with van der Waals surface area (Å²) in [6, 6.07) is 15.0. The van der Waals surface area contributed by atoms with Gasteiger partial charge in [-0.15, -0.1) is 0 Å². The fraction of sp³-hybridized carbons (Fsp3) is 0.510. The highest BCUT2D eigenvalue weighted by Crippen LogP contribution is 2.58. The van der Waals surface area contributed by atoms with Crippen LogP contribution in [-0.4, -0.2) is 99.7 Å². The number of hydrogen-bond donors (Lipinski definition) is 4. The molecule has 2 aliphatic carbocycles. The zero-order valence-corrected chi connectivity index (χ0v) is 36.9. The van der Waals surface area contributed by atoms with Gasteiger partial charge in [0.1, 0.15) is 23.7 Å². The summed E-state index contributed by atoms with van der Waals surface area (Å²) in [5.41, 5.74) is 6.64. The number of allylic oxidation sites excluding steroid dienone is 1. The van der Waals surface area contributed by atoms with Crippen LogP contribution in [0, 0.1) is 11.3 Å². The van der Waals surface area contributed by atoms with Gasteiger partial charge in [-0.05, 0) is 92.2 Å². The van der Waals surface area contributed by atoms with Crippen molar-refractivity contribution in [2.45, 2.75) is 114 Å². The van der Waals surface area contributed by atoms with Crippen molar-refractivity contribution in [3.63, 3.8) is 0 Å². The van der Waals surface area contributed by atoms with E-state index in [0.717, 1.165) is 128 Å². The summed E-state index contributed by atoms with van der Waals surface area (Å²) in [5.74, 6) is 1.41. The molecule has 2 saturated heterocycles. The SMILES string of the molecule is COC(=O)N[C@H]1CCC/C=C\COCc2[nH]c(nc2-c2ccc(-c3ccc(-c4cnc([C@H]5CCCN5C(=O)[C@@H](NC(=O)OC)C5CCCCC5)[nH]4)cc3)cc2)[C@@H]2CC3(CC3)CN2C1=O. The number of likely N-dealkylation sites (tertiary alicyclic amines) is 1. The molecule has 4 aromatic rings. The minimum Gasteiger partial charge on any atom is -0.453 e. The topological polar surface area (TPSA) is 184 Å². The zero-order valence-electron chi connectivity index (χ0n) is 36.9. The maximum Gasteiger partial charge on any atom is 0.407 e. The lowest BCUT2D eigenvalue weighted by Gasteiger charge is -2.34. The van der Waals surface area contributed by atoms with E-state index in [1.54, 1.807) is 0 Å². The van der Waals surface area contributed by atoms with Gasteiger partial charge in [-0.25, -0.2) is 19.6 Å². The number of H-pyrrole nitrogens is 2. The van der Waals surface area contributed by atoms with Crippen LogP contribution in [0.2, 0.25) is 0 Å². The number of carbonyl (C=O) groups excluding carboxylic acids is 4. The van der Waals surface area contributed by atoms with Crippen molar-refractivity contribution in [3.05, 3.63) is 84.2 Å². The van der Waals surface area contributed by atoms with Gasteiger partial charge in [-0.1, -0.05) is 79.9 Å². The Hall–Kier alpha value is -5.96. The van der Waals surface area contributed by atoms with Gasteiger partial charge >= 0.3 is 12.2 Å². The first-order valence-electron chi connectivity index (χ1n) is 23.1. The normalized spacial score (nSPS) is 23.4. The van der Waals surface area contributed by atoms with E-state index in [4.69, 9.17) is 24.2 Å². The molecule has 15 nitrogen and oxygen atoms in total. The van der Waals surface area contributed by atoms with E-state index < -0.39 is 24.3 Å². The fourth-order valence-corrected chi connectivity index (χ4v) is 10.4. The molecule has 9 rings (SSSR count). The van der Waals surface area contributed by atoms with Crippen molar-refractivity contribution < 1.29 is 33.4 Å². The first-order valence-corrected chi connectivity index (χ1v) is 23.1. The van der Waals surface area contributed by atoms with Crippen LogP contribution in [0.15, 0.2) is 66.9 Å². The maximum absolute atomic E-state index is 14.2. The monoisotopic (exact) mass is 872 g/mol. The predicted octanol–water partition coefficient (Wildman–Crippen LogP) is 8.14. The van der Waals surface area contributed by atoms with E-state index in [1.807, 2.05) is 22.1 Å². The van der Waals surface area contributed by atoms with Crippen molar-refractivity contribution in [2.24, 2.45) is 11.3 Å². The molecule has 0 radical (unpaired) electrons. The molecule has 4 N–H and O–H groups in total. The van der Waals surface area contributed by atoms with E-state index in [1.165, 1.54) is 14.2 Å². The molecule has 4 atom stereocenters. The first kappa shape index (κ1) is 43.3. The third kappa shape index (κ3) is 9.31. The Labute approximate surface area is 374 Å². The third-order valence-corrected chi connectivity index (χ3v) is 14.1. The van der Waals surface area contributed by atoms with Crippen LogP contribution in [0.3, 0.4) is 0 Å². The smallest absolute Gasteiger partial charge is 0.407 e. The van der Waals surface area contributed by atoms with Crippen LogP contribution in [0.1, 0.15) is 113 Å². The first-order chi connectivity index (χ1) is 31.2. The molecular weight excluding hydrogens is 813 g/mol. The van der Waals surface area contributed by atoms with Crippen molar-refractivity contribution in [1.82, 2.24) is 40.4 Å². The van der Waals surface area contributed by atoms with E-state index in [9.17, 15) is 19.2 Å². The Morgan fingerprint density at radius 3 is 2.25 bits per heavy atom. The van der Waals surface area contributed by atoms with Gasteiger partial charge in [0.15, 0.2) is 0 Å².